The molecular weight excluding hydrogens is 272 g/mol. The van der Waals surface area contributed by atoms with Gasteiger partial charge in [0, 0.05) is 23.7 Å². The van der Waals surface area contributed by atoms with Crippen molar-refractivity contribution >= 4 is 11.6 Å². The van der Waals surface area contributed by atoms with Crippen LogP contribution in [0.1, 0.15) is 63.8 Å². The van der Waals surface area contributed by atoms with Crippen LogP contribution in [0.3, 0.4) is 0 Å². The molecule has 0 amide bonds. The van der Waals surface area contributed by atoms with Gasteiger partial charge in [-0.05, 0) is 37.2 Å². The van der Waals surface area contributed by atoms with Crippen LogP contribution in [-0.4, -0.2) is 10.6 Å². The number of nitrogens with two attached hydrogens (primary N) is 1. The zero-order valence-corrected chi connectivity index (χ0v) is 13.3. The largest absolute Gasteiger partial charge is 0.484 e. The minimum absolute atomic E-state index is 0.0123. The molecule has 3 rings (SSSR count). The maximum Gasteiger partial charge on any atom is 0.171 e. The van der Waals surface area contributed by atoms with Crippen LogP contribution in [0.5, 0.6) is 5.75 Å². The van der Waals surface area contributed by atoms with Gasteiger partial charge in [-0.2, -0.15) is 0 Å². The Kier molecular flexibility index (Phi) is 3.26. The van der Waals surface area contributed by atoms with E-state index in [1.807, 2.05) is 0 Å². The van der Waals surface area contributed by atoms with E-state index in [9.17, 15) is 0 Å². The van der Waals surface area contributed by atoms with E-state index >= 15 is 0 Å². The molecule has 1 spiro atoms. The molecule has 110 valence electrons. The zero-order valence-electron chi connectivity index (χ0n) is 12.5. The van der Waals surface area contributed by atoms with E-state index in [1.165, 1.54) is 6.42 Å². The van der Waals surface area contributed by atoms with Crippen molar-refractivity contribution in [1.29, 1.82) is 0 Å². The van der Waals surface area contributed by atoms with Gasteiger partial charge in [0.2, 0.25) is 0 Å². The molecule has 0 aromatic carbocycles. The van der Waals surface area contributed by atoms with Gasteiger partial charge in [-0.3, -0.25) is 0 Å². The molecule has 1 fully saturated rings. The fraction of sp³-hybridized carbons (Fsp3) is 0.688. The summed E-state index contributed by atoms with van der Waals surface area (Å²) in [6, 6.07) is 2.10. The van der Waals surface area contributed by atoms with Crippen molar-refractivity contribution in [2.24, 2.45) is 11.1 Å². The van der Waals surface area contributed by atoms with Crippen LogP contribution >= 0.6 is 11.6 Å². The van der Waals surface area contributed by atoms with Crippen LogP contribution in [0.2, 0.25) is 5.15 Å². The first-order valence-electron chi connectivity index (χ1n) is 7.42. The molecule has 1 saturated carbocycles. The smallest absolute Gasteiger partial charge is 0.171 e. The third-order valence-corrected chi connectivity index (χ3v) is 4.56. The van der Waals surface area contributed by atoms with E-state index in [-0.39, 0.29) is 17.1 Å². The van der Waals surface area contributed by atoms with Crippen LogP contribution in [0, 0.1) is 5.41 Å². The topological polar surface area (TPSA) is 48.1 Å². The summed E-state index contributed by atoms with van der Waals surface area (Å²) < 4.78 is 6.17. The normalized spacial score (nSPS) is 23.9. The second kappa shape index (κ2) is 4.60. The molecule has 1 aliphatic heterocycles. The molecule has 0 saturated heterocycles. The van der Waals surface area contributed by atoms with Gasteiger partial charge < -0.3 is 10.5 Å². The third-order valence-electron chi connectivity index (χ3n) is 4.30. The highest BCUT2D eigenvalue weighted by molar-refractivity contribution is 6.31. The van der Waals surface area contributed by atoms with Crippen molar-refractivity contribution in [2.45, 2.75) is 64.5 Å². The molecule has 0 radical (unpaired) electrons. The summed E-state index contributed by atoms with van der Waals surface area (Å²) in [5.41, 5.74) is 8.51. The van der Waals surface area contributed by atoms with E-state index in [0.717, 1.165) is 42.7 Å². The Labute approximate surface area is 125 Å². The second-order valence-corrected chi connectivity index (χ2v) is 7.87. The minimum atomic E-state index is -0.0662. The lowest BCUT2D eigenvalue weighted by Crippen LogP contribution is -2.48. The fourth-order valence-electron chi connectivity index (χ4n) is 3.23. The highest BCUT2D eigenvalue weighted by atomic mass is 35.5. The Bertz CT molecular complexity index is 532. The van der Waals surface area contributed by atoms with Crippen molar-refractivity contribution < 1.29 is 4.74 Å². The molecule has 2 heterocycles. The highest BCUT2D eigenvalue weighted by Gasteiger charge is 2.45. The van der Waals surface area contributed by atoms with Crippen LogP contribution in [0.4, 0.5) is 0 Å². The lowest BCUT2D eigenvalue weighted by Gasteiger charge is -2.47. The standard InChI is InChI=1S/C16H23ClN2O/c1-15(2,3)8-10-7-11-12(18)9-16(5-4-6-16)20-13(11)14(17)19-10/h7,12H,4-6,8-9,18H2,1-3H3/t12-/m0/s1. The number of aromatic nitrogens is 1. The number of rotatable bonds is 1. The lowest BCUT2D eigenvalue weighted by atomic mass is 9.73. The van der Waals surface area contributed by atoms with Crippen LogP contribution in [-0.2, 0) is 6.42 Å². The lowest BCUT2D eigenvalue weighted by molar-refractivity contribution is -0.0332. The quantitative estimate of drug-likeness (QED) is 0.796. The highest BCUT2D eigenvalue weighted by Crippen LogP contribution is 2.50. The molecule has 1 aromatic heterocycles. The van der Waals surface area contributed by atoms with Gasteiger partial charge in [0.25, 0.3) is 0 Å². The minimum Gasteiger partial charge on any atom is -0.484 e. The van der Waals surface area contributed by atoms with Crippen LogP contribution < -0.4 is 10.5 Å². The Balaban J connectivity index is 1.96. The number of pyridine rings is 1. The van der Waals surface area contributed by atoms with Crippen molar-refractivity contribution in [3.8, 4) is 5.75 Å². The fourth-order valence-corrected chi connectivity index (χ4v) is 3.49. The molecule has 4 heteroatoms. The van der Waals surface area contributed by atoms with Gasteiger partial charge in [0.1, 0.15) is 5.60 Å². The Morgan fingerprint density at radius 2 is 2.15 bits per heavy atom. The first kappa shape index (κ1) is 14.2. The Hall–Kier alpha value is -0.800. The van der Waals surface area contributed by atoms with Gasteiger partial charge >= 0.3 is 0 Å². The molecule has 2 N–H and O–H groups in total. The second-order valence-electron chi connectivity index (χ2n) is 7.51. The predicted octanol–water partition coefficient (Wildman–Crippen LogP) is 4.03. The predicted molar refractivity (Wildman–Crippen MR) is 81.2 cm³/mol. The summed E-state index contributed by atoms with van der Waals surface area (Å²) in [5, 5.41) is 0.475. The van der Waals surface area contributed by atoms with E-state index in [4.69, 9.17) is 22.1 Å². The summed E-state index contributed by atoms with van der Waals surface area (Å²) in [6.45, 7) is 6.59. The average molecular weight is 295 g/mol. The molecule has 1 aliphatic carbocycles. The molecule has 0 bridgehead atoms. The number of nitrogens with zero attached hydrogens (tertiary/aromatic N) is 1. The summed E-state index contributed by atoms with van der Waals surface area (Å²) >= 11 is 6.36. The number of fused-ring (bicyclic) bond motifs is 1. The molecule has 1 aromatic rings. The van der Waals surface area contributed by atoms with Gasteiger partial charge in [0.05, 0.1) is 0 Å². The summed E-state index contributed by atoms with van der Waals surface area (Å²) in [6.07, 6.45) is 5.17. The number of ether oxygens (including phenoxy) is 1. The molecule has 1 atom stereocenters. The van der Waals surface area contributed by atoms with Gasteiger partial charge in [-0.1, -0.05) is 32.4 Å². The zero-order chi connectivity index (χ0) is 14.5. The SMILES string of the molecule is CC(C)(C)Cc1cc2c(c(Cl)n1)OC1(CCC1)C[C@@H]2N. The van der Waals surface area contributed by atoms with Crippen molar-refractivity contribution in [1.82, 2.24) is 4.98 Å². The van der Waals surface area contributed by atoms with E-state index < -0.39 is 0 Å². The third kappa shape index (κ3) is 2.53. The number of hydrogen-bond donors (Lipinski definition) is 1. The maximum absolute atomic E-state index is 6.37. The van der Waals surface area contributed by atoms with E-state index in [2.05, 4.69) is 31.8 Å². The monoisotopic (exact) mass is 294 g/mol. The Morgan fingerprint density at radius 3 is 2.70 bits per heavy atom. The van der Waals surface area contributed by atoms with E-state index in [1.54, 1.807) is 0 Å². The maximum atomic E-state index is 6.37. The molecule has 2 aliphatic rings. The first-order chi connectivity index (χ1) is 9.28. The van der Waals surface area contributed by atoms with Crippen LogP contribution in [0.15, 0.2) is 6.07 Å². The Morgan fingerprint density at radius 1 is 1.45 bits per heavy atom. The summed E-state index contributed by atoms with van der Waals surface area (Å²) in [5.74, 6) is 0.725. The number of hydrogen-bond acceptors (Lipinski definition) is 3. The van der Waals surface area contributed by atoms with Gasteiger partial charge in [0.15, 0.2) is 10.9 Å². The van der Waals surface area contributed by atoms with E-state index in [0.29, 0.717) is 5.15 Å². The van der Waals surface area contributed by atoms with Crippen molar-refractivity contribution in [3.63, 3.8) is 0 Å². The molecular formula is C16H23ClN2O. The van der Waals surface area contributed by atoms with Crippen molar-refractivity contribution in [2.75, 3.05) is 0 Å². The number of halogens is 1. The summed E-state index contributed by atoms with van der Waals surface area (Å²) in [7, 11) is 0. The summed E-state index contributed by atoms with van der Waals surface area (Å²) in [4.78, 5) is 4.52. The van der Waals surface area contributed by atoms with Crippen molar-refractivity contribution in [3.05, 3.63) is 22.5 Å². The molecule has 3 nitrogen and oxygen atoms in total. The average Bonchev–Trinajstić information content (AvgIpc) is 2.26. The van der Waals surface area contributed by atoms with Gasteiger partial charge in [-0.25, -0.2) is 4.98 Å². The van der Waals surface area contributed by atoms with Gasteiger partial charge in [-0.15, -0.1) is 0 Å². The first-order valence-corrected chi connectivity index (χ1v) is 7.80. The molecule has 0 unspecified atom stereocenters. The van der Waals surface area contributed by atoms with Crippen LogP contribution in [0.25, 0.3) is 0 Å². The molecule has 20 heavy (non-hydrogen) atoms.